The zero-order valence-electron chi connectivity index (χ0n) is 9.63. The number of anilines is 1. The van der Waals surface area contributed by atoms with Gasteiger partial charge < -0.3 is 15.5 Å². The van der Waals surface area contributed by atoms with Crippen LogP contribution in [0.2, 0.25) is 0 Å². The summed E-state index contributed by atoms with van der Waals surface area (Å²) in [6, 6.07) is 4.61. The molecule has 0 aliphatic carbocycles. The molecule has 0 saturated heterocycles. The van der Waals surface area contributed by atoms with E-state index in [9.17, 15) is 14.0 Å². The van der Waals surface area contributed by atoms with Crippen molar-refractivity contribution in [3.8, 4) is 0 Å². The summed E-state index contributed by atoms with van der Waals surface area (Å²) in [6.07, 6.45) is -1.66. The molecule has 3 N–H and O–H groups in total. The Morgan fingerprint density at radius 2 is 1.94 bits per heavy atom. The minimum absolute atomic E-state index is 0.403. The molecule has 18 heavy (non-hydrogen) atoms. The number of hydrogen-bond donors (Lipinski definition) is 3. The summed E-state index contributed by atoms with van der Waals surface area (Å²) < 4.78 is 12.7. The van der Waals surface area contributed by atoms with Crippen LogP contribution in [0.4, 0.5) is 14.9 Å². The van der Waals surface area contributed by atoms with Gasteiger partial charge in [-0.05, 0) is 24.3 Å². The van der Waals surface area contributed by atoms with Gasteiger partial charge in [0.2, 0.25) is 0 Å². The first-order chi connectivity index (χ1) is 8.41. The summed E-state index contributed by atoms with van der Waals surface area (Å²) in [7, 11) is 1.44. The minimum Gasteiger partial charge on any atom is -0.479 e. The second kappa shape index (κ2) is 5.97. The average Bonchev–Trinajstić information content (AvgIpc) is 2.35. The van der Waals surface area contributed by atoms with E-state index in [1.54, 1.807) is 0 Å². The topological polar surface area (TPSA) is 89.9 Å². The van der Waals surface area contributed by atoms with E-state index in [-0.39, 0.29) is 0 Å². The number of benzene rings is 1. The number of aliphatic carboxylic acids is 1. The Morgan fingerprint density at radius 1 is 1.39 bits per heavy atom. The van der Waals surface area contributed by atoms with Crippen molar-refractivity contribution in [2.45, 2.75) is 6.10 Å². The molecular formula is C11H13FN2O4. The minimum atomic E-state index is -1.66. The van der Waals surface area contributed by atoms with Crippen LogP contribution in [0, 0.1) is 5.82 Å². The first-order valence-corrected chi connectivity index (χ1v) is 5.10. The number of carboxylic acid groups (broad SMARTS) is 1. The van der Waals surface area contributed by atoms with Gasteiger partial charge in [-0.1, -0.05) is 0 Å². The highest BCUT2D eigenvalue weighted by Crippen LogP contribution is 2.12. The number of hydrogen-bond acceptors (Lipinski definition) is 3. The van der Waals surface area contributed by atoms with E-state index in [1.807, 2.05) is 0 Å². The molecule has 1 atom stereocenters. The highest BCUT2D eigenvalue weighted by molar-refractivity contribution is 5.91. The van der Waals surface area contributed by atoms with Crippen molar-refractivity contribution >= 4 is 17.7 Å². The first-order valence-electron chi connectivity index (χ1n) is 5.10. The molecule has 1 aromatic rings. The molecule has 0 unspecified atom stereocenters. The maximum absolute atomic E-state index is 12.7. The van der Waals surface area contributed by atoms with Gasteiger partial charge in [0.1, 0.15) is 5.82 Å². The lowest BCUT2D eigenvalue weighted by molar-refractivity contribution is -0.146. The number of amides is 2. The van der Waals surface area contributed by atoms with Crippen molar-refractivity contribution in [3.63, 3.8) is 0 Å². The molecule has 1 aromatic carbocycles. The van der Waals surface area contributed by atoms with Gasteiger partial charge in [-0.15, -0.1) is 0 Å². The Bertz CT molecular complexity index is 435. The molecule has 0 aliphatic rings. The third-order valence-electron chi connectivity index (χ3n) is 2.25. The van der Waals surface area contributed by atoms with Gasteiger partial charge >= 0.3 is 12.0 Å². The molecule has 0 aliphatic heterocycles. The number of urea groups is 1. The van der Waals surface area contributed by atoms with Gasteiger partial charge in [0, 0.05) is 12.7 Å². The third-order valence-corrected chi connectivity index (χ3v) is 2.25. The fraction of sp³-hybridized carbons (Fsp3) is 0.273. The van der Waals surface area contributed by atoms with Crippen molar-refractivity contribution in [2.24, 2.45) is 0 Å². The predicted molar refractivity (Wildman–Crippen MR) is 61.8 cm³/mol. The molecule has 7 heteroatoms. The number of carbonyl (C=O) groups excluding carboxylic acids is 1. The molecular weight excluding hydrogens is 243 g/mol. The number of aliphatic hydroxyl groups is 1. The summed E-state index contributed by atoms with van der Waals surface area (Å²) in [4.78, 5) is 23.1. The summed E-state index contributed by atoms with van der Waals surface area (Å²) in [6.45, 7) is -0.403. The van der Waals surface area contributed by atoms with Crippen LogP contribution in [0.1, 0.15) is 0 Å². The zero-order valence-corrected chi connectivity index (χ0v) is 9.63. The lowest BCUT2D eigenvalue weighted by Gasteiger charge is -2.18. The van der Waals surface area contributed by atoms with E-state index in [1.165, 1.54) is 36.2 Å². The number of nitrogens with one attached hydrogen (secondary N) is 1. The van der Waals surface area contributed by atoms with E-state index in [2.05, 4.69) is 5.32 Å². The van der Waals surface area contributed by atoms with E-state index in [0.29, 0.717) is 5.69 Å². The van der Waals surface area contributed by atoms with E-state index < -0.39 is 30.5 Å². The average molecular weight is 256 g/mol. The zero-order chi connectivity index (χ0) is 13.7. The fourth-order valence-electron chi connectivity index (χ4n) is 1.17. The number of aliphatic hydroxyl groups excluding tert-OH is 1. The van der Waals surface area contributed by atoms with Crippen LogP contribution in [0.5, 0.6) is 0 Å². The van der Waals surface area contributed by atoms with Gasteiger partial charge in [0.05, 0.1) is 6.54 Å². The van der Waals surface area contributed by atoms with Crippen LogP contribution in [-0.2, 0) is 4.79 Å². The van der Waals surface area contributed by atoms with Gasteiger partial charge in [0.25, 0.3) is 0 Å². The van der Waals surface area contributed by atoms with Gasteiger partial charge in [-0.3, -0.25) is 4.90 Å². The normalized spacial score (nSPS) is 11.7. The lowest BCUT2D eigenvalue weighted by atomic mass is 10.3. The van der Waals surface area contributed by atoms with Crippen LogP contribution in [0.3, 0.4) is 0 Å². The molecule has 0 radical (unpaired) electrons. The molecule has 0 aromatic heterocycles. The number of carboxylic acids is 1. The largest absolute Gasteiger partial charge is 0.479 e. The van der Waals surface area contributed by atoms with Crippen LogP contribution >= 0.6 is 0 Å². The SMILES string of the molecule is CN(C(=O)NC[C@H](O)C(=O)O)c1ccc(F)cc1. The Balaban J connectivity index is 2.56. The predicted octanol–water partition coefficient (Wildman–Crippen LogP) is 0.417. The Kier molecular flexibility index (Phi) is 4.61. The van der Waals surface area contributed by atoms with Crippen molar-refractivity contribution in [1.29, 1.82) is 0 Å². The number of nitrogens with zero attached hydrogens (tertiary/aromatic N) is 1. The van der Waals surface area contributed by atoms with Crippen LogP contribution < -0.4 is 10.2 Å². The molecule has 0 heterocycles. The van der Waals surface area contributed by atoms with Crippen molar-refractivity contribution in [2.75, 3.05) is 18.5 Å². The molecule has 0 bridgehead atoms. The Hall–Kier alpha value is -2.15. The molecule has 6 nitrogen and oxygen atoms in total. The molecule has 2 amide bonds. The van der Waals surface area contributed by atoms with Crippen LogP contribution in [0.15, 0.2) is 24.3 Å². The van der Waals surface area contributed by atoms with Gasteiger partial charge in [-0.25, -0.2) is 14.0 Å². The first kappa shape index (κ1) is 13.9. The molecule has 0 saturated carbocycles. The maximum atomic E-state index is 12.7. The van der Waals surface area contributed by atoms with Gasteiger partial charge in [0.15, 0.2) is 6.10 Å². The van der Waals surface area contributed by atoms with E-state index in [0.717, 1.165) is 0 Å². The summed E-state index contributed by atoms with van der Waals surface area (Å²) in [5, 5.41) is 19.6. The highest BCUT2D eigenvalue weighted by atomic mass is 19.1. The number of carbonyl (C=O) groups is 2. The smallest absolute Gasteiger partial charge is 0.334 e. The molecule has 0 spiro atoms. The van der Waals surface area contributed by atoms with Gasteiger partial charge in [-0.2, -0.15) is 0 Å². The quantitative estimate of drug-likeness (QED) is 0.728. The standard InChI is InChI=1S/C11H13FN2O4/c1-14(8-4-2-7(12)3-5-8)11(18)13-6-9(15)10(16)17/h2-5,9,15H,6H2,1H3,(H,13,18)(H,16,17)/t9-/m0/s1. The van der Waals surface area contributed by atoms with Crippen molar-refractivity contribution in [1.82, 2.24) is 5.32 Å². The summed E-state index contributed by atoms with van der Waals surface area (Å²) in [5.74, 6) is -1.84. The van der Waals surface area contributed by atoms with E-state index >= 15 is 0 Å². The second-order valence-electron chi connectivity index (χ2n) is 3.58. The third kappa shape index (κ3) is 3.70. The summed E-state index contributed by atoms with van der Waals surface area (Å²) >= 11 is 0. The molecule has 1 rings (SSSR count). The second-order valence-corrected chi connectivity index (χ2v) is 3.58. The van der Waals surface area contributed by atoms with E-state index in [4.69, 9.17) is 10.2 Å². The van der Waals surface area contributed by atoms with Crippen molar-refractivity contribution < 1.29 is 24.2 Å². The molecule has 0 fully saturated rings. The van der Waals surface area contributed by atoms with Crippen LogP contribution in [0.25, 0.3) is 0 Å². The number of rotatable bonds is 4. The van der Waals surface area contributed by atoms with Crippen molar-refractivity contribution in [3.05, 3.63) is 30.1 Å². The Morgan fingerprint density at radius 3 is 2.44 bits per heavy atom. The number of halogens is 1. The lowest BCUT2D eigenvalue weighted by Crippen LogP contribution is -2.43. The highest BCUT2D eigenvalue weighted by Gasteiger charge is 2.16. The summed E-state index contributed by atoms with van der Waals surface area (Å²) in [5.41, 5.74) is 0.443. The maximum Gasteiger partial charge on any atom is 0.334 e. The fourth-order valence-corrected chi connectivity index (χ4v) is 1.17. The molecule has 98 valence electrons. The monoisotopic (exact) mass is 256 g/mol. The van der Waals surface area contributed by atoms with Crippen LogP contribution in [-0.4, -0.2) is 41.9 Å². The Labute approximate surface area is 103 Å².